The Bertz CT molecular complexity index is 1290. The zero-order valence-electron chi connectivity index (χ0n) is 18.3. The van der Waals surface area contributed by atoms with E-state index in [0.717, 1.165) is 38.5 Å². The second-order valence-electron chi connectivity index (χ2n) is 7.93. The minimum Gasteiger partial charge on any atom is -0.497 e. The van der Waals surface area contributed by atoms with Crippen molar-refractivity contribution in [3.05, 3.63) is 107 Å². The molecule has 2 aromatic heterocycles. The molecule has 0 amide bonds. The maximum absolute atomic E-state index is 5.87. The van der Waals surface area contributed by atoms with Gasteiger partial charge in [0, 0.05) is 33.9 Å². The standard InChI is InChI=1S/C26H23BrN4OS/c1-17-16-19(10-13-21(17)27)31-25(24(29-26(31)33)22-6-3-4-14-28-22)23-7-5-15-30(23)18-8-11-20(32-2)12-9-18/h3-16,24-25H,1-2H3,(H,29,33)/t24-,25+/m0/s1. The highest BCUT2D eigenvalue weighted by Crippen LogP contribution is 2.42. The summed E-state index contributed by atoms with van der Waals surface area (Å²) in [7, 11) is 1.68. The summed E-state index contributed by atoms with van der Waals surface area (Å²) in [6, 6.07) is 24.4. The van der Waals surface area contributed by atoms with Crippen LogP contribution in [0.3, 0.4) is 0 Å². The summed E-state index contributed by atoms with van der Waals surface area (Å²) in [5.41, 5.74) is 5.31. The molecule has 1 fully saturated rings. The van der Waals surface area contributed by atoms with E-state index in [-0.39, 0.29) is 12.1 Å². The van der Waals surface area contributed by atoms with E-state index in [0.29, 0.717) is 5.11 Å². The molecule has 166 valence electrons. The number of halogens is 1. The summed E-state index contributed by atoms with van der Waals surface area (Å²) in [5, 5.41) is 4.22. The maximum atomic E-state index is 5.87. The number of nitrogens with zero attached hydrogens (tertiary/aromatic N) is 3. The van der Waals surface area contributed by atoms with Crippen LogP contribution in [0.5, 0.6) is 5.75 Å². The van der Waals surface area contributed by atoms with Gasteiger partial charge >= 0.3 is 0 Å². The molecule has 0 unspecified atom stereocenters. The molecule has 2 atom stereocenters. The summed E-state index contributed by atoms with van der Waals surface area (Å²) in [5.74, 6) is 0.828. The fourth-order valence-electron chi connectivity index (χ4n) is 4.33. The predicted molar refractivity (Wildman–Crippen MR) is 139 cm³/mol. The highest BCUT2D eigenvalue weighted by molar-refractivity contribution is 9.10. The summed E-state index contributed by atoms with van der Waals surface area (Å²) in [6.07, 6.45) is 3.91. The van der Waals surface area contributed by atoms with E-state index in [4.69, 9.17) is 17.0 Å². The van der Waals surface area contributed by atoms with Crippen molar-refractivity contribution in [2.45, 2.75) is 19.0 Å². The summed E-state index contributed by atoms with van der Waals surface area (Å²) in [4.78, 5) is 6.86. The number of aryl methyl sites for hydroxylation is 1. The van der Waals surface area contributed by atoms with Crippen LogP contribution >= 0.6 is 28.1 Å². The van der Waals surface area contributed by atoms with Gasteiger partial charge in [-0.05, 0) is 91.4 Å². The molecule has 33 heavy (non-hydrogen) atoms. The number of hydrogen-bond acceptors (Lipinski definition) is 3. The monoisotopic (exact) mass is 518 g/mol. The minimum atomic E-state index is -0.102. The number of nitrogens with one attached hydrogen (secondary N) is 1. The van der Waals surface area contributed by atoms with E-state index in [1.54, 1.807) is 7.11 Å². The number of thiocarbonyl (C=S) groups is 1. The Morgan fingerprint density at radius 2 is 1.79 bits per heavy atom. The third kappa shape index (κ3) is 4.03. The first-order valence-electron chi connectivity index (χ1n) is 10.7. The normalized spacial score (nSPS) is 17.8. The third-order valence-corrected chi connectivity index (χ3v) is 7.16. The molecule has 0 radical (unpaired) electrons. The Morgan fingerprint density at radius 1 is 1.00 bits per heavy atom. The van der Waals surface area contributed by atoms with Crippen LogP contribution in [-0.4, -0.2) is 21.8 Å². The lowest BCUT2D eigenvalue weighted by molar-refractivity contribution is 0.414. The molecule has 1 saturated heterocycles. The molecular weight excluding hydrogens is 496 g/mol. The number of pyridine rings is 1. The average Bonchev–Trinajstić information content (AvgIpc) is 3.46. The van der Waals surface area contributed by atoms with E-state index >= 15 is 0 Å². The Morgan fingerprint density at radius 3 is 2.48 bits per heavy atom. The van der Waals surface area contributed by atoms with Gasteiger partial charge in [0.15, 0.2) is 5.11 Å². The molecule has 7 heteroatoms. The fraction of sp³-hybridized carbons (Fsp3) is 0.154. The Hall–Kier alpha value is -3.16. The first-order valence-corrected chi connectivity index (χ1v) is 11.9. The lowest BCUT2D eigenvalue weighted by Gasteiger charge is -2.29. The Balaban J connectivity index is 1.65. The van der Waals surface area contributed by atoms with Crippen molar-refractivity contribution in [2.75, 3.05) is 12.0 Å². The molecule has 0 aliphatic carbocycles. The topological polar surface area (TPSA) is 42.3 Å². The van der Waals surface area contributed by atoms with Crippen LogP contribution in [0.1, 0.15) is 29.0 Å². The molecule has 0 spiro atoms. The van der Waals surface area contributed by atoms with Crippen LogP contribution in [0.2, 0.25) is 0 Å². The summed E-state index contributed by atoms with van der Waals surface area (Å²) >= 11 is 9.49. The molecule has 1 aliphatic rings. The van der Waals surface area contributed by atoms with Gasteiger partial charge in [0.1, 0.15) is 11.8 Å². The van der Waals surface area contributed by atoms with Crippen LogP contribution in [0.25, 0.3) is 5.69 Å². The van der Waals surface area contributed by atoms with Crippen LogP contribution in [0.4, 0.5) is 5.69 Å². The van der Waals surface area contributed by atoms with Crippen LogP contribution in [-0.2, 0) is 0 Å². The van der Waals surface area contributed by atoms with Gasteiger partial charge in [-0.1, -0.05) is 22.0 Å². The van der Waals surface area contributed by atoms with Crippen molar-refractivity contribution in [3.63, 3.8) is 0 Å². The van der Waals surface area contributed by atoms with Gasteiger partial charge in [0.05, 0.1) is 18.8 Å². The zero-order valence-corrected chi connectivity index (χ0v) is 20.7. The Kier molecular flexibility index (Phi) is 5.91. The van der Waals surface area contributed by atoms with Crippen molar-refractivity contribution < 1.29 is 4.74 Å². The lowest BCUT2D eigenvalue weighted by atomic mass is 10.0. The number of ether oxygens (including phenoxy) is 1. The van der Waals surface area contributed by atoms with Crippen molar-refractivity contribution in [1.82, 2.24) is 14.9 Å². The summed E-state index contributed by atoms with van der Waals surface area (Å²) in [6.45, 7) is 2.09. The second kappa shape index (κ2) is 9.00. The molecule has 1 N–H and O–H groups in total. The molecule has 3 heterocycles. The van der Waals surface area contributed by atoms with Crippen LogP contribution in [0.15, 0.2) is 89.7 Å². The second-order valence-corrected chi connectivity index (χ2v) is 9.17. The van der Waals surface area contributed by atoms with Gasteiger partial charge in [-0.25, -0.2) is 0 Å². The van der Waals surface area contributed by atoms with Crippen LogP contribution in [0, 0.1) is 6.92 Å². The first kappa shape index (κ1) is 21.7. The Labute approximate surface area is 207 Å². The first-order chi connectivity index (χ1) is 16.1. The number of rotatable bonds is 5. The third-order valence-electron chi connectivity index (χ3n) is 5.95. The highest BCUT2D eigenvalue weighted by atomic mass is 79.9. The van der Waals surface area contributed by atoms with Gasteiger partial charge in [-0.2, -0.15) is 0 Å². The molecule has 4 aromatic rings. The van der Waals surface area contributed by atoms with E-state index in [9.17, 15) is 0 Å². The van der Waals surface area contributed by atoms with Crippen molar-refractivity contribution >= 4 is 38.9 Å². The highest BCUT2D eigenvalue weighted by Gasteiger charge is 2.42. The zero-order chi connectivity index (χ0) is 22.9. The van der Waals surface area contributed by atoms with Crippen LogP contribution < -0.4 is 15.0 Å². The minimum absolute atomic E-state index is 0.0925. The van der Waals surface area contributed by atoms with E-state index in [1.165, 1.54) is 0 Å². The van der Waals surface area contributed by atoms with Gasteiger partial charge in [0.25, 0.3) is 0 Å². The van der Waals surface area contributed by atoms with Gasteiger partial charge < -0.3 is 19.5 Å². The molecule has 1 aliphatic heterocycles. The van der Waals surface area contributed by atoms with E-state index < -0.39 is 0 Å². The molecule has 5 rings (SSSR count). The molecule has 0 bridgehead atoms. The van der Waals surface area contributed by atoms with Gasteiger partial charge in [0.2, 0.25) is 0 Å². The molecular formula is C26H23BrN4OS. The number of benzene rings is 2. The van der Waals surface area contributed by atoms with E-state index in [2.05, 4.69) is 91.3 Å². The smallest absolute Gasteiger partial charge is 0.174 e. The van der Waals surface area contributed by atoms with Crippen molar-refractivity contribution in [2.24, 2.45) is 0 Å². The number of anilines is 1. The van der Waals surface area contributed by atoms with Gasteiger partial charge in [-0.3, -0.25) is 4.98 Å². The fourth-order valence-corrected chi connectivity index (χ4v) is 4.92. The van der Waals surface area contributed by atoms with Gasteiger partial charge in [-0.15, -0.1) is 0 Å². The quantitative estimate of drug-likeness (QED) is 0.322. The number of methoxy groups -OCH3 is 1. The number of hydrogen-bond donors (Lipinski definition) is 1. The van der Waals surface area contributed by atoms with E-state index in [1.807, 2.05) is 36.5 Å². The predicted octanol–water partition coefficient (Wildman–Crippen LogP) is 6.13. The maximum Gasteiger partial charge on any atom is 0.174 e. The summed E-state index contributed by atoms with van der Waals surface area (Å²) < 4.78 is 8.62. The lowest BCUT2D eigenvalue weighted by Crippen LogP contribution is -2.30. The van der Waals surface area contributed by atoms with Crippen molar-refractivity contribution in [1.29, 1.82) is 0 Å². The molecule has 5 nitrogen and oxygen atoms in total. The largest absolute Gasteiger partial charge is 0.497 e. The molecule has 2 aromatic carbocycles. The molecule has 0 saturated carbocycles. The number of aromatic nitrogens is 2. The average molecular weight is 519 g/mol. The van der Waals surface area contributed by atoms with Crippen molar-refractivity contribution in [3.8, 4) is 11.4 Å². The SMILES string of the molecule is COc1ccc(-n2cccc2[C@@H]2[C@H](c3ccccn3)NC(=S)N2c2ccc(Br)c(C)c2)cc1.